The standard InChI is InChI=1S/C19H17Cl2N3O6S/c1-7-10(12(23-30-7)11-8(20)5-4-6-9(11)21)15(25)22-13-16(26)24(29)14(18(27)28)19(2,3)31-17(13)24/h4-6,13-14,17H,1-3H3,(H,22,25)(H,27,28)/t13-,14+,17-,24?/m1/s1. The van der Waals surface area contributed by atoms with Crippen molar-refractivity contribution in [1.82, 2.24) is 10.5 Å². The maximum atomic E-state index is 13.1. The van der Waals surface area contributed by atoms with Crippen molar-refractivity contribution in [3.05, 3.63) is 44.8 Å². The first kappa shape index (κ1) is 22.1. The molecule has 4 rings (SSSR count). The molecule has 3 heterocycles. The van der Waals surface area contributed by atoms with E-state index in [1.807, 2.05) is 0 Å². The predicted octanol–water partition coefficient (Wildman–Crippen LogP) is 3.21. The molecule has 2 aromatic rings. The zero-order chi connectivity index (χ0) is 22.9. The number of aryl methyl sites for hydroxylation is 1. The smallest absolute Gasteiger partial charge is 0.364 e. The zero-order valence-electron chi connectivity index (χ0n) is 16.5. The number of aromatic nitrogens is 1. The van der Waals surface area contributed by atoms with Crippen LogP contribution in [0.4, 0.5) is 0 Å². The predicted molar refractivity (Wildman–Crippen MR) is 113 cm³/mol. The number of benzene rings is 1. The van der Waals surface area contributed by atoms with E-state index >= 15 is 0 Å². The molecule has 4 atom stereocenters. The monoisotopic (exact) mass is 485 g/mol. The van der Waals surface area contributed by atoms with Crippen molar-refractivity contribution in [3.63, 3.8) is 0 Å². The van der Waals surface area contributed by atoms with Crippen LogP contribution < -0.4 is 5.32 Å². The van der Waals surface area contributed by atoms with Gasteiger partial charge in [0.2, 0.25) is 12.1 Å². The molecule has 1 aromatic heterocycles. The summed E-state index contributed by atoms with van der Waals surface area (Å²) in [5, 5.41) is 28.6. The van der Waals surface area contributed by atoms with Gasteiger partial charge in [0.05, 0.1) is 14.8 Å². The highest BCUT2D eigenvalue weighted by Gasteiger charge is 2.74. The van der Waals surface area contributed by atoms with Crippen molar-refractivity contribution >= 4 is 52.7 Å². The second kappa shape index (κ2) is 7.21. The number of hydrogen-bond acceptors (Lipinski definition) is 7. The van der Waals surface area contributed by atoms with Crippen LogP contribution in [0.2, 0.25) is 10.0 Å². The van der Waals surface area contributed by atoms with E-state index in [-0.39, 0.29) is 27.1 Å². The summed E-state index contributed by atoms with van der Waals surface area (Å²) in [5.74, 6) is -2.79. The molecule has 2 amide bonds. The molecule has 2 aliphatic rings. The van der Waals surface area contributed by atoms with Crippen LogP contribution in [0.5, 0.6) is 0 Å². The average Bonchev–Trinajstić information content (AvgIpc) is 3.13. The number of amides is 2. The van der Waals surface area contributed by atoms with E-state index in [4.69, 9.17) is 27.7 Å². The lowest BCUT2D eigenvalue weighted by molar-refractivity contribution is -0.857. The average molecular weight is 486 g/mol. The van der Waals surface area contributed by atoms with Gasteiger partial charge in [-0.1, -0.05) is 46.2 Å². The van der Waals surface area contributed by atoms with Crippen molar-refractivity contribution in [1.29, 1.82) is 0 Å². The molecular weight excluding hydrogens is 469 g/mol. The van der Waals surface area contributed by atoms with E-state index < -0.39 is 44.6 Å². The summed E-state index contributed by atoms with van der Waals surface area (Å²) in [6, 6.07) is 2.19. The summed E-state index contributed by atoms with van der Waals surface area (Å²) in [5.41, 5.74) is 0.419. The number of carboxylic acids is 1. The van der Waals surface area contributed by atoms with E-state index in [0.29, 0.717) is 5.56 Å². The first-order valence-electron chi connectivity index (χ1n) is 9.17. The second-order valence-electron chi connectivity index (χ2n) is 7.91. The van der Waals surface area contributed by atoms with E-state index in [2.05, 4.69) is 10.5 Å². The van der Waals surface area contributed by atoms with Crippen LogP contribution in [0.1, 0.15) is 30.0 Å². The quantitative estimate of drug-likeness (QED) is 0.383. The number of hydrogen-bond donors (Lipinski definition) is 2. The Balaban J connectivity index is 1.66. The number of quaternary nitrogens is 1. The normalized spacial score (nSPS) is 28.7. The van der Waals surface area contributed by atoms with Gasteiger partial charge in [0.15, 0.2) is 5.37 Å². The molecule has 2 fully saturated rings. The van der Waals surface area contributed by atoms with E-state index in [9.17, 15) is 24.7 Å². The van der Waals surface area contributed by atoms with Gasteiger partial charge in [-0.2, -0.15) is 0 Å². The van der Waals surface area contributed by atoms with Crippen LogP contribution in [-0.2, 0) is 9.59 Å². The molecule has 12 heteroatoms. The highest BCUT2D eigenvalue weighted by molar-refractivity contribution is 8.01. The van der Waals surface area contributed by atoms with Crippen molar-refractivity contribution in [2.24, 2.45) is 0 Å². The number of hydroxylamine groups is 3. The van der Waals surface area contributed by atoms with Gasteiger partial charge in [-0.3, -0.25) is 9.44 Å². The van der Waals surface area contributed by atoms with Crippen molar-refractivity contribution < 1.29 is 28.7 Å². The number of β-lactam (4-membered cyclic amide) rings is 1. The van der Waals surface area contributed by atoms with Crippen LogP contribution >= 0.6 is 35.0 Å². The summed E-state index contributed by atoms with van der Waals surface area (Å²) in [6.07, 6.45) is 0. The maximum absolute atomic E-state index is 13.1. The van der Waals surface area contributed by atoms with E-state index in [1.54, 1.807) is 32.0 Å². The molecule has 0 radical (unpaired) electrons. The van der Waals surface area contributed by atoms with Gasteiger partial charge in [0, 0.05) is 5.56 Å². The molecule has 31 heavy (non-hydrogen) atoms. The first-order valence-corrected chi connectivity index (χ1v) is 10.8. The van der Waals surface area contributed by atoms with Crippen molar-refractivity contribution in [2.45, 2.75) is 43.0 Å². The first-order chi connectivity index (χ1) is 14.4. The molecule has 2 aliphatic heterocycles. The number of aliphatic carboxylic acids is 1. The number of nitrogens with zero attached hydrogens (tertiary/aromatic N) is 2. The van der Waals surface area contributed by atoms with Crippen LogP contribution in [0.15, 0.2) is 22.7 Å². The van der Waals surface area contributed by atoms with Gasteiger partial charge in [-0.15, -0.1) is 0 Å². The third kappa shape index (κ3) is 3.08. The molecule has 2 saturated heterocycles. The molecular formula is C19H17Cl2N3O6S. The molecule has 9 nitrogen and oxygen atoms in total. The number of carbonyl (C=O) groups excluding carboxylic acids is 2. The van der Waals surface area contributed by atoms with Gasteiger partial charge >= 0.3 is 11.9 Å². The van der Waals surface area contributed by atoms with Gasteiger partial charge in [-0.05, 0) is 32.9 Å². The van der Waals surface area contributed by atoms with E-state index in [0.717, 1.165) is 11.8 Å². The maximum Gasteiger partial charge on any atom is 0.364 e. The summed E-state index contributed by atoms with van der Waals surface area (Å²) < 4.78 is 2.67. The molecule has 1 unspecified atom stereocenters. The second-order valence-corrected chi connectivity index (χ2v) is 10.5. The Hall–Kier alpha value is -2.11. The number of thioether (sulfide) groups is 1. The molecule has 0 saturated carbocycles. The molecule has 0 bridgehead atoms. The summed E-state index contributed by atoms with van der Waals surface area (Å²) in [4.78, 5) is 37.5. The number of carboxylic acid groups (broad SMARTS) is 1. The van der Waals surface area contributed by atoms with Crippen LogP contribution in [0, 0.1) is 12.1 Å². The van der Waals surface area contributed by atoms with Crippen LogP contribution in [0.3, 0.4) is 0 Å². The van der Waals surface area contributed by atoms with Gasteiger partial charge in [-0.25, -0.2) is 9.59 Å². The fourth-order valence-electron chi connectivity index (χ4n) is 4.20. The summed E-state index contributed by atoms with van der Waals surface area (Å²) in [7, 11) is 0. The lowest BCUT2D eigenvalue weighted by Crippen LogP contribution is -2.79. The van der Waals surface area contributed by atoms with Crippen LogP contribution in [0.25, 0.3) is 11.3 Å². The third-order valence-corrected chi connectivity index (χ3v) is 7.84. The lowest BCUT2D eigenvalue weighted by atomic mass is 9.94. The zero-order valence-corrected chi connectivity index (χ0v) is 18.8. The summed E-state index contributed by atoms with van der Waals surface area (Å²) in [6.45, 7) is 4.71. The highest BCUT2D eigenvalue weighted by atomic mass is 35.5. The third-order valence-electron chi connectivity index (χ3n) is 5.55. The fraction of sp³-hybridized carbons (Fsp3) is 0.368. The SMILES string of the molecule is Cc1onc(-c2c(Cl)cccc2Cl)c1C(=O)N[C@@H]1C(=O)[N+]2([O-])[C@@H]1SC(C)(C)[C@@H]2C(=O)O. The van der Waals surface area contributed by atoms with Gasteiger partial charge in [0.1, 0.15) is 17.0 Å². The minimum absolute atomic E-state index is 0.0238. The Morgan fingerprint density at radius 1 is 1.32 bits per heavy atom. The number of nitrogens with one attached hydrogen (secondary N) is 1. The topological polar surface area (TPSA) is 133 Å². The number of halogens is 2. The Bertz CT molecular complexity index is 1120. The summed E-state index contributed by atoms with van der Waals surface area (Å²) >= 11 is 13.5. The highest BCUT2D eigenvalue weighted by Crippen LogP contribution is 2.56. The molecule has 1 aromatic carbocycles. The van der Waals surface area contributed by atoms with Crippen molar-refractivity contribution in [3.8, 4) is 11.3 Å². The number of fused-ring (bicyclic) bond motifs is 1. The Morgan fingerprint density at radius 2 is 1.94 bits per heavy atom. The largest absolute Gasteiger partial charge is 0.624 e. The number of carbonyl (C=O) groups is 3. The fourth-order valence-corrected chi connectivity index (χ4v) is 6.49. The molecule has 2 N–H and O–H groups in total. The number of rotatable bonds is 4. The van der Waals surface area contributed by atoms with Crippen LogP contribution in [-0.4, -0.2) is 54.9 Å². The Morgan fingerprint density at radius 3 is 2.52 bits per heavy atom. The Labute approximate surface area is 190 Å². The van der Waals surface area contributed by atoms with Gasteiger partial charge in [0.25, 0.3) is 5.91 Å². The molecule has 0 aliphatic carbocycles. The molecule has 0 spiro atoms. The van der Waals surface area contributed by atoms with Crippen molar-refractivity contribution in [2.75, 3.05) is 0 Å². The Kier molecular flexibility index (Phi) is 5.14. The minimum Gasteiger partial charge on any atom is -0.624 e. The lowest BCUT2D eigenvalue weighted by Gasteiger charge is -2.54. The minimum atomic E-state index is -1.51. The van der Waals surface area contributed by atoms with E-state index in [1.165, 1.54) is 6.92 Å². The van der Waals surface area contributed by atoms with Gasteiger partial charge < -0.3 is 20.2 Å². The molecule has 164 valence electrons.